The first-order valence-electron chi connectivity index (χ1n) is 3.79. The lowest BCUT2D eigenvalue weighted by Gasteiger charge is -2.23. The molecule has 1 aliphatic heterocycles. The van der Waals surface area contributed by atoms with Crippen molar-refractivity contribution >= 4 is 22.1 Å². The number of carbonyl (C=O) groups excluding carboxylic acids is 1. The Kier molecular flexibility index (Phi) is 2.88. The monoisotopic (exact) mass is 228 g/mol. The molecule has 12 heavy (non-hydrogen) atoms. The van der Waals surface area contributed by atoms with Crippen molar-refractivity contribution in [1.82, 2.24) is 3.93 Å². The Morgan fingerprint density at radius 2 is 2.58 bits per heavy atom. The maximum absolute atomic E-state index is 11.3. The zero-order chi connectivity index (χ0) is 9.14. The lowest BCUT2D eigenvalue weighted by molar-refractivity contribution is -0.127. The first-order chi connectivity index (χ1) is 5.70. The van der Waals surface area contributed by atoms with Crippen molar-refractivity contribution in [1.29, 1.82) is 5.26 Å². The normalized spacial score (nSPS) is 23.4. The van der Waals surface area contributed by atoms with Gasteiger partial charge in [0.05, 0.1) is 22.2 Å². The van der Waals surface area contributed by atoms with Gasteiger partial charge in [-0.25, -0.2) is 3.93 Å². The van der Waals surface area contributed by atoms with Gasteiger partial charge in [-0.1, -0.05) is 13.0 Å². The van der Waals surface area contributed by atoms with Gasteiger partial charge in [0.2, 0.25) is 0 Å². The zero-order valence-corrected chi connectivity index (χ0v) is 8.34. The molecule has 0 aromatic carbocycles. The third kappa shape index (κ3) is 1.51. The van der Waals surface area contributed by atoms with Crippen LogP contribution in [0.4, 0.5) is 0 Å². The van der Waals surface area contributed by atoms with Crippen molar-refractivity contribution in [2.24, 2.45) is 5.92 Å². The average molecular weight is 229 g/mol. The van der Waals surface area contributed by atoms with Crippen molar-refractivity contribution in [3.63, 3.8) is 0 Å². The molecule has 64 valence electrons. The minimum atomic E-state index is -0.514. The molecule has 0 fully saturated rings. The summed E-state index contributed by atoms with van der Waals surface area (Å²) in [5, 5.41) is 8.59. The average Bonchev–Trinajstić information content (AvgIpc) is 2.10. The molecule has 0 N–H and O–H groups in total. The zero-order valence-electron chi connectivity index (χ0n) is 6.75. The summed E-state index contributed by atoms with van der Waals surface area (Å²) in [7, 11) is 0. The van der Waals surface area contributed by atoms with E-state index < -0.39 is 5.92 Å². The topological polar surface area (TPSA) is 44.1 Å². The highest BCUT2D eigenvalue weighted by atomic mass is 79.9. The number of rotatable bonds is 1. The molecular weight excluding hydrogens is 220 g/mol. The van der Waals surface area contributed by atoms with E-state index in [0.717, 1.165) is 12.1 Å². The van der Waals surface area contributed by atoms with Crippen LogP contribution >= 0.6 is 16.1 Å². The van der Waals surface area contributed by atoms with E-state index in [1.165, 1.54) is 3.93 Å². The molecule has 0 radical (unpaired) electrons. The molecule has 0 saturated heterocycles. The Labute approximate surface area is 80.0 Å². The summed E-state index contributed by atoms with van der Waals surface area (Å²) in [6, 6.07) is 1.96. The van der Waals surface area contributed by atoms with Crippen molar-refractivity contribution < 1.29 is 4.79 Å². The smallest absolute Gasteiger partial charge is 0.254 e. The van der Waals surface area contributed by atoms with Gasteiger partial charge in [-0.2, -0.15) is 5.26 Å². The summed E-state index contributed by atoms with van der Waals surface area (Å²) in [6.07, 6.45) is 3.26. The van der Waals surface area contributed by atoms with Crippen LogP contribution in [-0.2, 0) is 4.79 Å². The fourth-order valence-corrected chi connectivity index (χ4v) is 1.75. The Balaban J connectivity index is 2.85. The SMILES string of the molecule is CCC1=CCC(C#N)C(=O)N1Br. The van der Waals surface area contributed by atoms with E-state index in [1.807, 2.05) is 19.1 Å². The van der Waals surface area contributed by atoms with E-state index in [0.29, 0.717) is 6.42 Å². The first kappa shape index (κ1) is 9.27. The van der Waals surface area contributed by atoms with Gasteiger partial charge < -0.3 is 0 Å². The summed E-state index contributed by atoms with van der Waals surface area (Å²) in [4.78, 5) is 11.3. The molecule has 0 aliphatic carbocycles. The van der Waals surface area contributed by atoms with Crippen LogP contribution in [-0.4, -0.2) is 9.83 Å². The molecule has 1 atom stereocenters. The molecule has 1 aliphatic rings. The third-order valence-corrected chi connectivity index (χ3v) is 2.66. The Bertz CT molecular complexity index is 267. The number of hydrogen-bond donors (Lipinski definition) is 0. The predicted octanol–water partition coefficient (Wildman–Crippen LogP) is 1.96. The third-order valence-electron chi connectivity index (χ3n) is 1.85. The van der Waals surface area contributed by atoms with Crippen LogP contribution in [0.15, 0.2) is 11.8 Å². The largest absolute Gasteiger partial charge is 0.272 e. The minimum absolute atomic E-state index is 0.156. The lowest BCUT2D eigenvalue weighted by atomic mass is 10.0. The van der Waals surface area contributed by atoms with Gasteiger partial charge in [-0.3, -0.25) is 4.79 Å². The van der Waals surface area contributed by atoms with Crippen LogP contribution in [0.5, 0.6) is 0 Å². The molecule has 0 spiro atoms. The van der Waals surface area contributed by atoms with Crippen LogP contribution in [0.25, 0.3) is 0 Å². The summed E-state index contributed by atoms with van der Waals surface area (Å²) >= 11 is 3.13. The van der Waals surface area contributed by atoms with Gasteiger partial charge in [0, 0.05) is 5.70 Å². The van der Waals surface area contributed by atoms with Crippen molar-refractivity contribution in [2.75, 3.05) is 0 Å². The maximum Gasteiger partial charge on any atom is 0.254 e. The Hall–Kier alpha value is -0.820. The second kappa shape index (κ2) is 3.72. The van der Waals surface area contributed by atoms with Gasteiger partial charge in [0.25, 0.3) is 5.91 Å². The molecule has 1 rings (SSSR count). The second-order valence-electron chi connectivity index (χ2n) is 2.59. The van der Waals surface area contributed by atoms with Crippen LogP contribution < -0.4 is 0 Å². The molecule has 1 heterocycles. The van der Waals surface area contributed by atoms with Crippen molar-refractivity contribution in [3.8, 4) is 6.07 Å². The fraction of sp³-hybridized carbons (Fsp3) is 0.500. The fourth-order valence-electron chi connectivity index (χ4n) is 1.10. The van der Waals surface area contributed by atoms with E-state index in [2.05, 4.69) is 16.1 Å². The molecule has 4 heteroatoms. The molecule has 1 unspecified atom stereocenters. The van der Waals surface area contributed by atoms with E-state index in [1.54, 1.807) is 0 Å². The minimum Gasteiger partial charge on any atom is -0.272 e. The second-order valence-corrected chi connectivity index (χ2v) is 3.29. The Morgan fingerprint density at radius 1 is 1.92 bits per heavy atom. The van der Waals surface area contributed by atoms with Crippen molar-refractivity contribution in [3.05, 3.63) is 11.8 Å². The highest BCUT2D eigenvalue weighted by Crippen LogP contribution is 2.25. The summed E-state index contributed by atoms with van der Waals surface area (Å²) < 4.78 is 1.39. The number of nitriles is 1. The number of hydrogen-bond acceptors (Lipinski definition) is 2. The van der Waals surface area contributed by atoms with Gasteiger partial charge in [-0.15, -0.1) is 0 Å². The number of halogens is 1. The van der Waals surface area contributed by atoms with Gasteiger partial charge in [-0.05, 0) is 12.8 Å². The molecular formula is C8H9BrN2O. The molecule has 0 aromatic heterocycles. The number of allylic oxidation sites excluding steroid dienone is 2. The van der Waals surface area contributed by atoms with E-state index in [4.69, 9.17) is 5.26 Å². The van der Waals surface area contributed by atoms with Gasteiger partial charge in [0.15, 0.2) is 0 Å². The molecule has 0 bridgehead atoms. The van der Waals surface area contributed by atoms with Crippen molar-refractivity contribution in [2.45, 2.75) is 19.8 Å². The number of amides is 1. The Morgan fingerprint density at radius 3 is 3.08 bits per heavy atom. The van der Waals surface area contributed by atoms with E-state index in [9.17, 15) is 4.79 Å². The van der Waals surface area contributed by atoms with Gasteiger partial charge in [0.1, 0.15) is 5.92 Å². The highest BCUT2D eigenvalue weighted by molar-refractivity contribution is 9.07. The number of carbonyl (C=O) groups is 1. The highest BCUT2D eigenvalue weighted by Gasteiger charge is 2.27. The van der Waals surface area contributed by atoms with Crippen LogP contribution in [0.3, 0.4) is 0 Å². The molecule has 3 nitrogen and oxygen atoms in total. The van der Waals surface area contributed by atoms with E-state index in [-0.39, 0.29) is 5.91 Å². The molecule has 0 aromatic rings. The quantitative estimate of drug-likeness (QED) is 0.645. The van der Waals surface area contributed by atoms with Crippen LogP contribution in [0.2, 0.25) is 0 Å². The summed E-state index contributed by atoms with van der Waals surface area (Å²) in [6.45, 7) is 1.97. The van der Waals surface area contributed by atoms with E-state index >= 15 is 0 Å². The lowest BCUT2D eigenvalue weighted by Crippen LogP contribution is -2.30. The van der Waals surface area contributed by atoms with Crippen LogP contribution in [0, 0.1) is 17.2 Å². The summed E-state index contributed by atoms with van der Waals surface area (Å²) in [5.41, 5.74) is 0.937. The van der Waals surface area contributed by atoms with Gasteiger partial charge >= 0.3 is 0 Å². The summed E-state index contributed by atoms with van der Waals surface area (Å²) in [5.74, 6) is -0.670. The number of nitrogens with zero attached hydrogens (tertiary/aromatic N) is 2. The molecule has 0 saturated carbocycles. The first-order valence-corrected chi connectivity index (χ1v) is 4.50. The van der Waals surface area contributed by atoms with Crippen LogP contribution in [0.1, 0.15) is 19.8 Å². The standard InChI is InChI=1S/C8H9BrN2O/c1-2-7-4-3-6(5-10)8(12)11(7)9/h4,6H,2-3H2,1H3. The maximum atomic E-state index is 11.3. The molecule has 1 amide bonds. The predicted molar refractivity (Wildman–Crippen MR) is 47.9 cm³/mol.